The lowest BCUT2D eigenvalue weighted by Crippen LogP contribution is -2.02. The van der Waals surface area contributed by atoms with Crippen molar-refractivity contribution in [3.8, 4) is 17.6 Å². The minimum absolute atomic E-state index is 0.0516. The predicted molar refractivity (Wildman–Crippen MR) is 126 cm³/mol. The van der Waals surface area contributed by atoms with E-state index in [0.717, 1.165) is 17.2 Å². The van der Waals surface area contributed by atoms with Crippen molar-refractivity contribution >= 4 is 10.8 Å². The zero-order chi connectivity index (χ0) is 24.1. The van der Waals surface area contributed by atoms with Crippen molar-refractivity contribution in [3.63, 3.8) is 0 Å². The normalized spacial score (nSPS) is 10.7. The summed E-state index contributed by atoms with van der Waals surface area (Å²) in [7, 11) is 0. The van der Waals surface area contributed by atoms with Crippen molar-refractivity contribution < 1.29 is 22.3 Å². The number of hydrogen-bond acceptors (Lipinski definition) is 1. The monoisotopic (exact) mass is 462 g/mol. The van der Waals surface area contributed by atoms with E-state index in [9.17, 15) is 17.6 Å². The summed E-state index contributed by atoms with van der Waals surface area (Å²) in [4.78, 5) is 0. The molecule has 0 radical (unpaired) electrons. The number of fused-ring (bicyclic) bond motifs is 1. The van der Waals surface area contributed by atoms with E-state index in [1.165, 1.54) is 30.3 Å². The molecule has 1 nitrogen and oxygen atoms in total. The maximum Gasteiger partial charge on any atom is 0.139 e. The number of hydrogen-bond donors (Lipinski definition) is 0. The average Bonchev–Trinajstić information content (AvgIpc) is 2.81. The van der Waals surface area contributed by atoms with Gasteiger partial charge >= 0.3 is 0 Å². The standard InChI is InChI=1S/C29H22F4O/c1-2-13-34-25-17-28(32)26(29(33)18-25)12-6-20-4-8-21(27(31)15-20)7-3-19-5-9-23-16-24(30)11-10-22(23)14-19/h4-5,8-11,14-18H,2,6,12-13H2,1H3. The summed E-state index contributed by atoms with van der Waals surface area (Å²) in [6, 6.07) is 16.8. The van der Waals surface area contributed by atoms with E-state index in [1.807, 2.05) is 13.0 Å². The van der Waals surface area contributed by atoms with Crippen LogP contribution in [0.1, 0.15) is 35.6 Å². The largest absolute Gasteiger partial charge is 0.493 e. The van der Waals surface area contributed by atoms with Crippen LogP contribution in [-0.2, 0) is 12.8 Å². The van der Waals surface area contributed by atoms with E-state index >= 15 is 0 Å². The van der Waals surface area contributed by atoms with Crippen LogP contribution in [0.15, 0.2) is 66.7 Å². The molecule has 0 aliphatic rings. The quantitative estimate of drug-likeness (QED) is 0.215. The molecule has 0 saturated heterocycles. The van der Waals surface area contributed by atoms with Gasteiger partial charge in [0, 0.05) is 23.3 Å². The molecule has 5 heteroatoms. The van der Waals surface area contributed by atoms with Gasteiger partial charge in [-0.15, -0.1) is 0 Å². The van der Waals surface area contributed by atoms with E-state index in [4.69, 9.17) is 4.74 Å². The lowest BCUT2D eigenvalue weighted by atomic mass is 10.0. The summed E-state index contributed by atoms with van der Waals surface area (Å²) in [5.41, 5.74) is 1.46. The molecule has 172 valence electrons. The maximum atomic E-state index is 14.6. The molecular formula is C29H22F4O. The molecule has 0 aromatic heterocycles. The van der Waals surface area contributed by atoms with Gasteiger partial charge < -0.3 is 4.74 Å². The van der Waals surface area contributed by atoms with Gasteiger partial charge in [-0.3, -0.25) is 0 Å². The third kappa shape index (κ3) is 5.58. The van der Waals surface area contributed by atoms with Gasteiger partial charge in [-0.25, -0.2) is 17.6 Å². The topological polar surface area (TPSA) is 9.23 Å². The molecular weight excluding hydrogens is 440 g/mol. The van der Waals surface area contributed by atoms with Gasteiger partial charge in [-0.2, -0.15) is 0 Å². The fourth-order valence-corrected chi connectivity index (χ4v) is 3.64. The first-order valence-corrected chi connectivity index (χ1v) is 11.0. The molecule has 0 heterocycles. The molecule has 0 saturated carbocycles. The summed E-state index contributed by atoms with van der Waals surface area (Å²) in [6.07, 6.45) is 1.10. The van der Waals surface area contributed by atoms with E-state index in [0.29, 0.717) is 17.7 Å². The second kappa shape index (κ2) is 10.4. The van der Waals surface area contributed by atoms with Crippen molar-refractivity contribution in [2.75, 3.05) is 6.61 Å². The Morgan fingerprint density at radius 2 is 1.44 bits per heavy atom. The molecule has 0 aliphatic heterocycles. The Balaban J connectivity index is 1.46. The highest BCUT2D eigenvalue weighted by molar-refractivity contribution is 5.84. The Hall–Kier alpha value is -3.78. The fraction of sp³-hybridized carbons (Fsp3) is 0.172. The molecule has 4 aromatic rings. The van der Waals surface area contributed by atoms with Gasteiger partial charge in [0.2, 0.25) is 0 Å². The molecule has 0 spiro atoms. The van der Waals surface area contributed by atoms with Crippen molar-refractivity contribution in [2.24, 2.45) is 0 Å². The lowest BCUT2D eigenvalue weighted by Gasteiger charge is -2.10. The fourth-order valence-electron chi connectivity index (χ4n) is 3.64. The Morgan fingerprint density at radius 1 is 0.706 bits per heavy atom. The zero-order valence-electron chi connectivity index (χ0n) is 18.6. The van der Waals surface area contributed by atoms with Crippen LogP contribution < -0.4 is 4.74 Å². The Kier molecular flexibility index (Phi) is 7.18. The maximum absolute atomic E-state index is 14.6. The van der Waals surface area contributed by atoms with Crippen LogP contribution >= 0.6 is 0 Å². The van der Waals surface area contributed by atoms with E-state index in [-0.39, 0.29) is 35.5 Å². The number of benzene rings is 4. The summed E-state index contributed by atoms with van der Waals surface area (Å²) in [5, 5.41) is 1.60. The Morgan fingerprint density at radius 3 is 2.18 bits per heavy atom. The molecule has 0 amide bonds. The average molecular weight is 462 g/mol. The molecule has 0 unspecified atom stereocenters. The van der Waals surface area contributed by atoms with E-state index in [1.54, 1.807) is 30.3 Å². The smallest absolute Gasteiger partial charge is 0.139 e. The molecule has 34 heavy (non-hydrogen) atoms. The zero-order valence-corrected chi connectivity index (χ0v) is 18.6. The minimum Gasteiger partial charge on any atom is -0.493 e. The van der Waals surface area contributed by atoms with E-state index in [2.05, 4.69) is 11.8 Å². The minimum atomic E-state index is -0.674. The highest BCUT2D eigenvalue weighted by Gasteiger charge is 2.13. The first-order chi connectivity index (χ1) is 16.4. The van der Waals surface area contributed by atoms with Gasteiger partial charge in [-0.1, -0.05) is 37.0 Å². The van der Waals surface area contributed by atoms with Crippen LogP contribution in [0.3, 0.4) is 0 Å². The first-order valence-electron chi connectivity index (χ1n) is 11.0. The van der Waals surface area contributed by atoms with E-state index < -0.39 is 17.5 Å². The van der Waals surface area contributed by atoms with Crippen LogP contribution in [0.25, 0.3) is 10.8 Å². The second-order valence-electron chi connectivity index (χ2n) is 7.98. The Bertz CT molecular complexity index is 1380. The molecule has 4 rings (SSSR count). The molecule has 4 aromatic carbocycles. The number of aryl methyl sites for hydroxylation is 1. The van der Waals surface area contributed by atoms with Crippen LogP contribution in [0.2, 0.25) is 0 Å². The van der Waals surface area contributed by atoms with Crippen LogP contribution in [0.4, 0.5) is 17.6 Å². The van der Waals surface area contributed by atoms with Crippen molar-refractivity contribution in [2.45, 2.75) is 26.2 Å². The predicted octanol–water partition coefficient (Wildman–Crippen LogP) is 7.37. The number of rotatable bonds is 6. The van der Waals surface area contributed by atoms with Crippen molar-refractivity contribution in [3.05, 3.63) is 112 Å². The van der Waals surface area contributed by atoms with Crippen molar-refractivity contribution in [1.29, 1.82) is 0 Å². The first kappa shape index (κ1) is 23.4. The lowest BCUT2D eigenvalue weighted by molar-refractivity contribution is 0.313. The highest BCUT2D eigenvalue weighted by atomic mass is 19.1. The van der Waals surface area contributed by atoms with Gasteiger partial charge in [-0.05, 0) is 72.0 Å². The van der Waals surface area contributed by atoms with Gasteiger partial charge in [0.15, 0.2) is 0 Å². The summed E-state index contributed by atoms with van der Waals surface area (Å²) >= 11 is 0. The van der Waals surface area contributed by atoms with Gasteiger partial charge in [0.05, 0.1) is 12.2 Å². The van der Waals surface area contributed by atoms with Crippen LogP contribution in [0.5, 0.6) is 5.75 Å². The summed E-state index contributed by atoms with van der Waals surface area (Å²) < 4.78 is 61.9. The van der Waals surface area contributed by atoms with Crippen LogP contribution in [-0.4, -0.2) is 6.61 Å². The molecule has 0 bridgehead atoms. The third-order valence-electron chi connectivity index (χ3n) is 5.43. The molecule has 0 atom stereocenters. The summed E-state index contributed by atoms with van der Waals surface area (Å²) in [6.45, 7) is 2.29. The number of ether oxygens (including phenoxy) is 1. The second-order valence-corrected chi connectivity index (χ2v) is 7.98. The number of halogens is 4. The summed E-state index contributed by atoms with van der Waals surface area (Å²) in [5.74, 6) is 3.74. The third-order valence-corrected chi connectivity index (χ3v) is 5.43. The SMILES string of the molecule is CCCOc1cc(F)c(CCc2ccc(C#Cc3ccc4cc(F)ccc4c3)c(F)c2)c(F)c1. The molecule has 0 aliphatic carbocycles. The molecule has 0 N–H and O–H groups in total. The molecule has 0 fully saturated rings. The van der Waals surface area contributed by atoms with Crippen molar-refractivity contribution in [1.82, 2.24) is 0 Å². The van der Waals surface area contributed by atoms with Gasteiger partial charge in [0.25, 0.3) is 0 Å². The van der Waals surface area contributed by atoms with Crippen LogP contribution in [0, 0.1) is 35.1 Å². The Labute approximate surface area is 196 Å². The van der Waals surface area contributed by atoms with Gasteiger partial charge in [0.1, 0.15) is 29.0 Å². The highest BCUT2D eigenvalue weighted by Crippen LogP contribution is 2.23.